The highest BCUT2D eigenvalue weighted by Crippen LogP contribution is 2.37. The van der Waals surface area contributed by atoms with Crippen LogP contribution in [-0.2, 0) is 4.74 Å². The number of carboxylic acids is 1. The average Bonchev–Trinajstić information content (AvgIpc) is 3.73. The molecule has 0 spiro atoms. The monoisotopic (exact) mass is 582 g/mol. The number of fused-ring (bicyclic) bond motifs is 1. The van der Waals surface area contributed by atoms with E-state index in [9.17, 15) is 19.5 Å². The Balaban J connectivity index is 1.18. The minimum absolute atomic E-state index is 0.00588. The van der Waals surface area contributed by atoms with Gasteiger partial charge in [-0.15, -0.1) is 0 Å². The summed E-state index contributed by atoms with van der Waals surface area (Å²) < 4.78 is 37.4. The standard InChI is InChI=1S/C27H28F2N8O5/c28-19-9-15(37-12-16(42-27(37)41)11-32-26(30)31)3-4-21(19)34-5-7-35(8-6-34)24-20(29)10-17-22(38)18(25(39)40)13-36(14-1-2-14)23(17)33-24/h3-4,9-10,13-14,16H,1-2,5-8,11-12H2,(H,39,40)(H4,30,31,32)/t16-/m0/s1. The Kier molecular flexibility index (Phi) is 6.79. The summed E-state index contributed by atoms with van der Waals surface area (Å²) in [5.41, 5.74) is 10.4. The topological polar surface area (TPSA) is 173 Å². The largest absolute Gasteiger partial charge is 0.477 e. The third kappa shape index (κ3) is 5.01. The maximum atomic E-state index is 15.3. The van der Waals surface area contributed by atoms with E-state index in [1.165, 1.54) is 17.2 Å². The molecule has 1 aromatic carbocycles. The average molecular weight is 583 g/mol. The number of aliphatic imine (C=N–C) groups is 1. The number of ether oxygens (including phenoxy) is 1. The van der Waals surface area contributed by atoms with Crippen molar-refractivity contribution >= 4 is 46.2 Å². The number of carbonyl (C=O) groups is 2. The second-order valence-corrected chi connectivity index (χ2v) is 10.5. The number of rotatable bonds is 7. The predicted molar refractivity (Wildman–Crippen MR) is 150 cm³/mol. The van der Waals surface area contributed by atoms with Crippen LogP contribution >= 0.6 is 0 Å². The van der Waals surface area contributed by atoms with E-state index in [0.717, 1.165) is 18.9 Å². The number of aromatic carboxylic acids is 1. The van der Waals surface area contributed by atoms with Crippen LogP contribution < -0.4 is 31.6 Å². The molecule has 3 aromatic rings. The first-order chi connectivity index (χ1) is 20.1. The molecule has 13 nitrogen and oxygen atoms in total. The number of guanidine groups is 1. The molecule has 4 heterocycles. The van der Waals surface area contributed by atoms with E-state index in [2.05, 4.69) is 9.98 Å². The smallest absolute Gasteiger partial charge is 0.414 e. The van der Waals surface area contributed by atoms with E-state index in [-0.39, 0.29) is 41.9 Å². The van der Waals surface area contributed by atoms with Crippen molar-refractivity contribution in [2.24, 2.45) is 16.5 Å². The molecule has 2 aromatic heterocycles. The summed E-state index contributed by atoms with van der Waals surface area (Å²) in [6.07, 6.45) is 1.73. The van der Waals surface area contributed by atoms with E-state index in [0.29, 0.717) is 37.6 Å². The molecule has 6 rings (SSSR count). The van der Waals surface area contributed by atoms with E-state index >= 15 is 8.78 Å². The number of carboxylic acid groups (broad SMARTS) is 1. The summed E-state index contributed by atoms with van der Waals surface area (Å²) in [5.74, 6) is -2.70. The number of benzene rings is 1. The van der Waals surface area contributed by atoms with Gasteiger partial charge in [0, 0.05) is 38.4 Å². The predicted octanol–water partition coefficient (Wildman–Crippen LogP) is 1.63. The molecule has 0 radical (unpaired) electrons. The number of amides is 1. The fourth-order valence-electron chi connectivity index (χ4n) is 5.36. The van der Waals surface area contributed by atoms with Gasteiger partial charge in [-0.05, 0) is 37.1 Å². The van der Waals surface area contributed by atoms with E-state index in [1.54, 1.807) is 21.6 Å². The number of halogens is 2. The van der Waals surface area contributed by atoms with Gasteiger partial charge in [-0.2, -0.15) is 0 Å². The van der Waals surface area contributed by atoms with Gasteiger partial charge < -0.3 is 35.7 Å². The zero-order chi connectivity index (χ0) is 29.7. The van der Waals surface area contributed by atoms with Gasteiger partial charge in [-0.1, -0.05) is 0 Å². The molecule has 5 N–H and O–H groups in total. The van der Waals surface area contributed by atoms with Crippen LogP contribution in [0.5, 0.6) is 0 Å². The minimum atomic E-state index is -1.37. The summed E-state index contributed by atoms with van der Waals surface area (Å²) in [4.78, 5) is 49.8. The lowest BCUT2D eigenvalue weighted by Gasteiger charge is -2.37. The van der Waals surface area contributed by atoms with Crippen molar-refractivity contribution in [3.8, 4) is 0 Å². The number of carbonyl (C=O) groups excluding carboxylic acids is 1. The lowest BCUT2D eigenvalue weighted by molar-refractivity contribution is 0.0694. The molecular formula is C27H28F2N8O5. The summed E-state index contributed by atoms with van der Waals surface area (Å²) >= 11 is 0. The molecule has 0 bridgehead atoms. The molecule has 3 fully saturated rings. The van der Waals surface area contributed by atoms with Gasteiger partial charge in [0.2, 0.25) is 5.43 Å². The summed E-state index contributed by atoms with van der Waals surface area (Å²) in [5, 5.41) is 9.37. The summed E-state index contributed by atoms with van der Waals surface area (Å²) in [6.45, 7) is 1.63. The van der Waals surface area contributed by atoms with Crippen LogP contribution in [0.3, 0.4) is 0 Å². The van der Waals surface area contributed by atoms with Crippen LogP contribution in [-0.4, -0.2) is 78.1 Å². The molecule has 2 aliphatic heterocycles. The Bertz CT molecular complexity index is 1680. The normalized spacial score (nSPS) is 18.9. The maximum absolute atomic E-state index is 15.3. The molecule has 0 unspecified atom stereocenters. The highest BCUT2D eigenvalue weighted by molar-refractivity contribution is 5.92. The zero-order valence-electron chi connectivity index (χ0n) is 22.4. The third-order valence-corrected chi connectivity index (χ3v) is 7.62. The van der Waals surface area contributed by atoms with Crippen molar-refractivity contribution in [3.63, 3.8) is 0 Å². The molecule has 2 saturated heterocycles. The summed E-state index contributed by atoms with van der Waals surface area (Å²) in [7, 11) is 0. The van der Waals surface area contributed by atoms with Crippen molar-refractivity contribution in [3.05, 3.63) is 57.9 Å². The van der Waals surface area contributed by atoms with Gasteiger partial charge in [-0.25, -0.2) is 28.3 Å². The first-order valence-electron chi connectivity index (χ1n) is 13.4. The SMILES string of the molecule is NC(N)=NC[C@H]1CN(c2ccc(N3CCN(c4nc5c(cc4F)c(=O)c(C(=O)O)cn5C4CC4)CC3)c(F)c2)C(=O)O1. The highest BCUT2D eigenvalue weighted by Gasteiger charge is 2.33. The fourth-order valence-corrected chi connectivity index (χ4v) is 5.36. The Morgan fingerprint density at radius 1 is 1.07 bits per heavy atom. The van der Waals surface area contributed by atoms with Crippen LogP contribution in [0.1, 0.15) is 29.2 Å². The van der Waals surface area contributed by atoms with Crippen molar-refractivity contribution in [2.75, 3.05) is 54.0 Å². The number of pyridine rings is 2. The molecule has 1 aliphatic carbocycles. The van der Waals surface area contributed by atoms with Crippen molar-refractivity contribution in [2.45, 2.75) is 25.0 Å². The van der Waals surface area contributed by atoms with Gasteiger partial charge in [0.05, 0.1) is 29.9 Å². The first kappa shape index (κ1) is 27.2. The summed E-state index contributed by atoms with van der Waals surface area (Å²) in [6, 6.07) is 5.54. The van der Waals surface area contributed by atoms with E-state index in [1.807, 2.05) is 4.90 Å². The second kappa shape index (κ2) is 10.5. The molecule has 3 aliphatic rings. The van der Waals surface area contributed by atoms with Crippen LogP contribution in [0.4, 0.5) is 30.8 Å². The lowest BCUT2D eigenvalue weighted by atomic mass is 10.1. The Hall–Kier alpha value is -4.95. The van der Waals surface area contributed by atoms with Crippen LogP contribution in [0.15, 0.2) is 40.2 Å². The maximum Gasteiger partial charge on any atom is 0.414 e. The number of hydrogen-bond acceptors (Lipinski definition) is 8. The number of hydrogen-bond donors (Lipinski definition) is 3. The van der Waals surface area contributed by atoms with Gasteiger partial charge in [0.25, 0.3) is 0 Å². The third-order valence-electron chi connectivity index (χ3n) is 7.62. The molecule has 1 amide bonds. The number of anilines is 3. The molecule has 15 heteroatoms. The molecular weight excluding hydrogens is 554 g/mol. The van der Waals surface area contributed by atoms with Gasteiger partial charge >= 0.3 is 12.1 Å². The number of cyclic esters (lactones) is 1. The number of piperazine rings is 1. The molecule has 1 saturated carbocycles. The van der Waals surface area contributed by atoms with Gasteiger partial charge in [0.15, 0.2) is 17.6 Å². The lowest BCUT2D eigenvalue weighted by Crippen LogP contribution is -2.47. The highest BCUT2D eigenvalue weighted by atomic mass is 19.1. The number of nitrogens with two attached hydrogens (primary N) is 2. The quantitative estimate of drug-likeness (QED) is 0.275. The van der Waals surface area contributed by atoms with Gasteiger partial charge in [-0.3, -0.25) is 9.69 Å². The Morgan fingerprint density at radius 3 is 2.43 bits per heavy atom. The Morgan fingerprint density at radius 2 is 1.79 bits per heavy atom. The van der Waals surface area contributed by atoms with Gasteiger partial charge in [0.1, 0.15) is 23.1 Å². The zero-order valence-corrected chi connectivity index (χ0v) is 22.4. The van der Waals surface area contributed by atoms with Crippen molar-refractivity contribution < 1.29 is 28.2 Å². The minimum Gasteiger partial charge on any atom is -0.477 e. The first-order valence-corrected chi connectivity index (χ1v) is 13.4. The van der Waals surface area contributed by atoms with Crippen LogP contribution in [0.2, 0.25) is 0 Å². The number of aromatic nitrogens is 2. The molecule has 42 heavy (non-hydrogen) atoms. The van der Waals surface area contributed by atoms with E-state index in [4.69, 9.17) is 16.2 Å². The Labute approximate surface area is 237 Å². The molecule has 1 atom stereocenters. The van der Waals surface area contributed by atoms with E-state index < -0.39 is 40.8 Å². The number of nitrogens with zero attached hydrogens (tertiary/aromatic N) is 6. The molecule has 220 valence electrons. The van der Waals surface area contributed by atoms with Crippen LogP contribution in [0, 0.1) is 11.6 Å². The van der Waals surface area contributed by atoms with Crippen molar-refractivity contribution in [1.82, 2.24) is 9.55 Å². The van der Waals surface area contributed by atoms with Crippen molar-refractivity contribution in [1.29, 1.82) is 0 Å². The van der Waals surface area contributed by atoms with Crippen LogP contribution in [0.25, 0.3) is 11.0 Å². The second-order valence-electron chi connectivity index (χ2n) is 10.5. The fraction of sp³-hybridized carbons (Fsp3) is 0.370.